The topological polar surface area (TPSA) is 166 Å². The van der Waals surface area contributed by atoms with Crippen molar-refractivity contribution in [3.8, 4) is 17.2 Å². The number of esters is 2. The van der Waals surface area contributed by atoms with Gasteiger partial charge in [-0.2, -0.15) is 0 Å². The summed E-state index contributed by atoms with van der Waals surface area (Å²) in [6, 6.07) is 5.06. The third kappa shape index (κ3) is 4.38. The number of benzene rings is 2. The highest BCUT2D eigenvalue weighted by Gasteiger charge is 2.49. The number of fused-ring (bicyclic) bond motifs is 2. The lowest BCUT2D eigenvalue weighted by Crippen LogP contribution is -2.60. The summed E-state index contributed by atoms with van der Waals surface area (Å²) in [4.78, 5) is 49.3. The van der Waals surface area contributed by atoms with Gasteiger partial charge in [0.1, 0.15) is 17.2 Å². The number of rotatable bonds is 4. The van der Waals surface area contributed by atoms with Crippen molar-refractivity contribution < 1.29 is 53.4 Å². The zero-order valence-electron chi connectivity index (χ0n) is 19.8. The van der Waals surface area contributed by atoms with Crippen LogP contribution < -0.4 is 4.74 Å². The first-order valence-electron chi connectivity index (χ1n) is 11.0. The van der Waals surface area contributed by atoms with E-state index in [1.807, 2.05) is 0 Å². The average Bonchev–Trinajstić information content (AvgIpc) is 2.76. The third-order valence-electron chi connectivity index (χ3n) is 5.90. The second-order valence-electron chi connectivity index (χ2n) is 8.70. The Morgan fingerprint density at radius 1 is 0.861 bits per heavy atom. The first kappa shape index (κ1) is 25.1. The third-order valence-corrected chi connectivity index (χ3v) is 5.90. The number of aryl methyl sites for hydroxylation is 1. The molecule has 0 amide bonds. The lowest BCUT2D eigenvalue weighted by Gasteiger charge is -2.42. The number of carbonyl (C=O) groups is 4. The van der Waals surface area contributed by atoms with Gasteiger partial charge in [0.05, 0.1) is 17.2 Å². The van der Waals surface area contributed by atoms with Gasteiger partial charge in [-0.15, -0.1) is 0 Å². The largest absolute Gasteiger partial charge is 0.507 e. The summed E-state index contributed by atoms with van der Waals surface area (Å²) in [6.45, 7) is 5.44. The van der Waals surface area contributed by atoms with E-state index in [1.54, 1.807) is 6.92 Å². The standard InChI is InChI=1S/C25H24O11/c1-9-5-14-18(16(28)6-9)21(31)19-15(20(14)30)7-13(8-17(19)29)36-25-22(32)24(35-12(4)27)23(10(2)33-25)34-11(3)26/h5-8,10,22-25,28-29,32H,1-4H3/t10-,22+,23-,24-,25-/m0/s1. The smallest absolute Gasteiger partial charge is 0.303 e. The molecule has 1 aliphatic carbocycles. The Morgan fingerprint density at radius 3 is 2.03 bits per heavy atom. The second-order valence-corrected chi connectivity index (χ2v) is 8.70. The van der Waals surface area contributed by atoms with Crippen LogP contribution in [0.2, 0.25) is 0 Å². The van der Waals surface area contributed by atoms with Crippen LogP contribution in [-0.2, 0) is 23.8 Å². The predicted molar refractivity (Wildman–Crippen MR) is 120 cm³/mol. The van der Waals surface area contributed by atoms with Crippen molar-refractivity contribution in [2.24, 2.45) is 0 Å². The molecule has 11 nitrogen and oxygen atoms in total. The van der Waals surface area contributed by atoms with Crippen molar-refractivity contribution in [1.82, 2.24) is 0 Å². The van der Waals surface area contributed by atoms with Crippen molar-refractivity contribution in [3.63, 3.8) is 0 Å². The predicted octanol–water partition coefficient (Wildman–Crippen LogP) is 1.53. The van der Waals surface area contributed by atoms with Crippen molar-refractivity contribution in [2.45, 2.75) is 58.4 Å². The molecule has 3 N–H and O–H groups in total. The van der Waals surface area contributed by atoms with E-state index in [0.717, 1.165) is 19.9 Å². The van der Waals surface area contributed by atoms with Crippen molar-refractivity contribution in [1.29, 1.82) is 0 Å². The van der Waals surface area contributed by atoms with Crippen molar-refractivity contribution in [2.75, 3.05) is 0 Å². The summed E-state index contributed by atoms with van der Waals surface area (Å²) in [6.07, 6.45) is -6.40. The van der Waals surface area contributed by atoms with Gasteiger partial charge in [0.2, 0.25) is 12.1 Å². The zero-order chi connectivity index (χ0) is 26.5. The molecular weight excluding hydrogens is 476 g/mol. The molecule has 0 saturated carbocycles. The Morgan fingerprint density at radius 2 is 1.42 bits per heavy atom. The number of hydrogen-bond donors (Lipinski definition) is 3. The maximum Gasteiger partial charge on any atom is 0.303 e. The fourth-order valence-corrected chi connectivity index (χ4v) is 4.44. The Labute approximate surface area is 205 Å². The van der Waals surface area contributed by atoms with E-state index in [4.69, 9.17) is 18.9 Å². The van der Waals surface area contributed by atoms with Gasteiger partial charge in [-0.1, -0.05) is 0 Å². The number of aromatic hydroxyl groups is 2. The Kier molecular flexibility index (Phi) is 6.46. The summed E-state index contributed by atoms with van der Waals surface area (Å²) in [5, 5.41) is 31.6. The van der Waals surface area contributed by atoms with Gasteiger partial charge < -0.3 is 34.3 Å². The van der Waals surface area contributed by atoms with Crippen molar-refractivity contribution in [3.05, 3.63) is 52.1 Å². The highest BCUT2D eigenvalue weighted by atomic mass is 16.7. The van der Waals surface area contributed by atoms with Gasteiger partial charge in [-0.25, -0.2) is 0 Å². The maximum absolute atomic E-state index is 13.2. The Hall–Kier alpha value is -3.96. The molecule has 0 bridgehead atoms. The van der Waals surface area contributed by atoms with Crippen LogP contribution in [0.3, 0.4) is 0 Å². The van der Waals surface area contributed by atoms with Gasteiger partial charge in [-0.05, 0) is 37.6 Å². The first-order valence-corrected chi connectivity index (χ1v) is 11.0. The summed E-state index contributed by atoms with van der Waals surface area (Å²) >= 11 is 0. The molecule has 190 valence electrons. The molecule has 1 heterocycles. The summed E-state index contributed by atoms with van der Waals surface area (Å²) in [5.41, 5.74) is -0.143. The van der Waals surface area contributed by atoms with Crippen LogP contribution in [0.15, 0.2) is 24.3 Å². The minimum absolute atomic E-state index is 0.0248. The number of aliphatic hydroxyl groups is 1. The Balaban J connectivity index is 1.68. The van der Waals surface area contributed by atoms with E-state index in [9.17, 15) is 34.5 Å². The van der Waals surface area contributed by atoms with E-state index < -0.39 is 60.0 Å². The lowest BCUT2D eigenvalue weighted by molar-refractivity contribution is -0.276. The zero-order valence-corrected chi connectivity index (χ0v) is 19.8. The Bertz CT molecular complexity index is 1280. The minimum Gasteiger partial charge on any atom is -0.507 e. The molecule has 2 aromatic carbocycles. The molecule has 36 heavy (non-hydrogen) atoms. The van der Waals surface area contributed by atoms with E-state index >= 15 is 0 Å². The van der Waals surface area contributed by atoms with Crippen LogP contribution in [0.1, 0.15) is 58.2 Å². The molecule has 4 rings (SSSR count). The van der Waals surface area contributed by atoms with E-state index in [-0.39, 0.29) is 33.8 Å². The molecule has 0 aromatic heterocycles. The quantitative estimate of drug-likeness (QED) is 0.445. The summed E-state index contributed by atoms with van der Waals surface area (Å²) in [5.74, 6) is -3.86. The number of aliphatic hydroxyl groups excluding tert-OH is 1. The monoisotopic (exact) mass is 500 g/mol. The van der Waals surface area contributed by atoms with Crippen LogP contribution in [0, 0.1) is 6.92 Å². The number of phenolic OH excluding ortho intramolecular Hbond substituents is 2. The number of hydrogen-bond acceptors (Lipinski definition) is 11. The molecule has 1 fully saturated rings. The number of ether oxygens (including phenoxy) is 4. The van der Waals surface area contributed by atoms with Crippen LogP contribution in [0.25, 0.3) is 0 Å². The van der Waals surface area contributed by atoms with Crippen LogP contribution in [0.4, 0.5) is 0 Å². The fraction of sp³-hybridized carbons (Fsp3) is 0.360. The molecule has 1 aliphatic heterocycles. The van der Waals surface area contributed by atoms with Gasteiger partial charge in [-0.3, -0.25) is 19.2 Å². The molecule has 11 heteroatoms. The minimum atomic E-state index is -1.62. The summed E-state index contributed by atoms with van der Waals surface area (Å²) in [7, 11) is 0. The van der Waals surface area contributed by atoms with E-state index in [0.29, 0.717) is 5.56 Å². The first-order chi connectivity index (χ1) is 16.9. The number of phenols is 2. The van der Waals surface area contributed by atoms with Crippen molar-refractivity contribution >= 4 is 23.5 Å². The summed E-state index contributed by atoms with van der Waals surface area (Å²) < 4.78 is 21.7. The average molecular weight is 500 g/mol. The lowest BCUT2D eigenvalue weighted by atomic mass is 9.82. The normalized spacial score (nSPS) is 25.0. The van der Waals surface area contributed by atoms with Crippen LogP contribution in [-0.4, -0.2) is 69.5 Å². The molecule has 5 atom stereocenters. The number of ketones is 2. The van der Waals surface area contributed by atoms with Crippen LogP contribution in [0.5, 0.6) is 17.2 Å². The highest BCUT2D eigenvalue weighted by molar-refractivity contribution is 6.30. The highest BCUT2D eigenvalue weighted by Crippen LogP contribution is 2.40. The molecule has 0 spiro atoms. The van der Waals surface area contributed by atoms with Gasteiger partial charge in [0.25, 0.3) is 0 Å². The SMILES string of the molecule is CC(=O)O[C@@H]1[C@@H](OC(C)=O)[C@@H](O)[C@H](Oc2cc(O)c3c(c2)C(=O)c2cc(C)cc(O)c2C3=O)O[C@H]1C. The molecule has 1 saturated heterocycles. The molecular formula is C25H24O11. The number of carbonyl (C=O) groups excluding carboxylic acids is 4. The molecule has 2 aromatic rings. The van der Waals surface area contributed by atoms with Crippen LogP contribution >= 0.6 is 0 Å². The van der Waals surface area contributed by atoms with Gasteiger partial charge in [0.15, 0.2) is 24.1 Å². The van der Waals surface area contributed by atoms with E-state index in [1.165, 1.54) is 25.1 Å². The molecule has 0 radical (unpaired) electrons. The van der Waals surface area contributed by atoms with E-state index in [2.05, 4.69) is 0 Å². The fourth-order valence-electron chi connectivity index (χ4n) is 4.44. The van der Waals surface area contributed by atoms with Gasteiger partial charge >= 0.3 is 11.9 Å². The maximum atomic E-state index is 13.2. The molecule has 2 aliphatic rings. The van der Waals surface area contributed by atoms with Gasteiger partial charge in [0, 0.05) is 31.0 Å². The molecule has 0 unspecified atom stereocenters. The second kappa shape index (κ2) is 9.25.